The molecule has 0 aliphatic carbocycles. The third-order valence-corrected chi connectivity index (χ3v) is 2.15. The Hall–Kier alpha value is -1.18. The number of nitrogens with zero attached hydrogens (tertiary/aromatic N) is 3. The molecule has 0 bridgehead atoms. The summed E-state index contributed by atoms with van der Waals surface area (Å²) in [4.78, 5) is 13.8. The fraction of sp³-hybridized carbons (Fsp3) is 0.625. The van der Waals surface area contributed by atoms with Crippen molar-refractivity contribution in [1.82, 2.24) is 9.55 Å². The Balaban J connectivity index is 0.00000106. The minimum Gasteiger partial charge on any atom is -0.400 e. The van der Waals surface area contributed by atoms with Gasteiger partial charge in [0.05, 0.1) is 5.88 Å². The third kappa shape index (κ3) is 3.76. The second-order valence-electron chi connectivity index (χ2n) is 2.84. The summed E-state index contributed by atoms with van der Waals surface area (Å²) < 4.78 is 1.33. The van der Waals surface area contributed by atoms with Crippen LogP contribution < -0.4 is 0 Å². The smallest absolute Gasteiger partial charge is 0.342 e. The van der Waals surface area contributed by atoms with Crippen LogP contribution in [-0.2, 0) is 6.54 Å². The summed E-state index contributed by atoms with van der Waals surface area (Å²) in [6.45, 7) is 1.72. The Kier molecular flexibility index (Phi) is 6.63. The van der Waals surface area contributed by atoms with Gasteiger partial charge in [-0.25, -0.2) is 9.55 Å². The van der Waals surface area contributed by atoms with Crippen molar-refractivity contribution in [3.05, 3.63) is 22.1 Å². The highest BCUT2D eigenvalue weighted by Gasteiger charge is 2.19. The van der Waals surface area contributed by atoms with Crippen molar-refractivity contribution in [2.45, 2.75) is 19.6 Å². The molecule has 16 heavy (non-hydrogen) atoms. The van der Waals surface area contributed by atoms with Gasteiger partial charge in [0, 0.05) is 14.0 Å². The van der Waals surface area contributed by atoms with Crippen molar-refractivity contribution >= 4 is 17.4 Å². The van der Waals surface area contributed by atoms with Crippen molar-refractivity contribution in [2.24, 2.45) is 0 Å². The molecule has 0 amide bonds. The summed E-state index contributed by atoms with van der Waals surface area (Å²) in [7, 11) is 1.00. The number of aliphatic hydroxyl groups is 2. The number of aromatic nitrogens is 2. The summed E-state index contributed by atoms with van der Waals surface area (Å²) in [5.41, 5.74) is 0. The molecule has 2 N–H and O–H groups in total. The molecule has 1 atom stereocenters. The fourth-order valence-electron chi connectivity index (χ4n) is 1.09. The van der Waals surface area contributed by atoms with Crippen molar-refractivity contribution in [3.63, 3.8) is 0 Å². The van der Waals surface area contributed by atoms with Crippen LogP contribution in [0.4, 0.5) is 5.82 Å². The normalized spacial score (nSPS) is 11.6. The molecule has 0 fully saturated rings. The number of alkyl halides is 1. The molecular formula is C8H14ClN3O4. The summed E-state index contributed by atoms with van der Waals surface area (Å²) in [6.07, 6.45) is 0.360. The number of hydrogen-bond donors (Lipinski definition) is 2. The predicted octanol–water partition coefficient (Wildman–Crippen LogP) is 0.308. The maximum Gasteiger partial charge on any atom is 0.342 e. The quantitative estimate of drug-likeness (QED) is 0.456. The van der Waals surface area contributed by atoms with Crippen molar-refractivity contribution < 1.29 is 15.1 Å². The number of nitro groups is 1. The van der Waals surface area contributed by atoms with Crippen molar-refractivity contribution in [2.75, 3.05) is 13.0 Å². The van der Waals surface area contributed by atoms with E-state index in [1.54, 1.807) is 6.92 Å². The monoisotopic (exact) mass is 251 g/mol. The lowest BCUT2D eigenvalue weighted by molar-refractivity contribution is -0.392. The van der Waals surface area contributed by atoms with Crippen molar-refractivity contribution in [1.29, 1.82) is 0 Å². The minimum absolute atomic E-state index is 0.0365. The lowest BCUT2D eigenvalue weighted by Crippen LogP contribution is -2.19. The van der Waals surface area contributed by atoms with Crippen LogP contribution in [0.3, 0.4) is 0 Å². The topological polar surface area (TPSA) is 101 Å². The molecule has 0 aliphatic rings. The van der Waals surface area contributed by atoms with Crippen LogP contribution in [0.25, 0.3) is 0 Å². The Morgan fingerprint density at radius 2 is 2.25 bits per heavy atom. The van der Waals surface area contributed by atoms with E-state index in [0.717, 1.165) is 13.3 Å². The van der Waals surface area contributed by atoms with E-state index in [9.17, 15) is 15.2 Å². The van der Waals surface area contributed by atoms with E-state index in [1.807, 2.05) is 0 Å². The lowest BCUT2D eigenvalue weighted by atomic mass is 10.4. The maximum absolute atomic E-state index is 10.5. The van der Waals surface area contributed by atoms with Gasteiger partial charge in [0.2, 0.25) is 0 Å². The van der Waals surface area contributed by atoms with Gasteiger partial charge < -0.3 is 20.3 Å². The first-order valence-electron chi connectivity index (χ1n) is 4.41. The van der Waals surface area contributed by atoms with Gasteiger partial charge in [0.25, 0.3) is 0 Å². The summed E-state index contributed by atoms with van der Waals surface area (Å²) >= 11 is 5.40. The van der Waals surface area contributed by atoms with E-state index in [4.69, 9.17) is 16.7 Å². The molecule has 0 saturated heterocycles. The van der Waals surface area contributed by atoms with Gasteiger partial charge in [0.1, 0.15) is 18.8 Å². The van der Waals surface area contributed by atoms with E-state index in [2.05, 4.69) is 4.98 Å². The third-order valence-electron chi connectivity index (χ3n) is 1.79. The number of aryl methyl sites for hydroxylation is 1. The first kappa shape index (κ1) is 14.8. The SMILES string of the molecule is CO.Cc1ncc([N+](=O)[O-])n1CC(O)CCl. The molecule has 0 spiro atoms. The molecule has 92 valence electrons. The summed E-state index contributed by atoms with van der Waals surface area (Å²) in [5.74, 6) is 0.391. The number of rotatable bonds is 4. The molecule has 1 heterocycles. The maximum atomic E-state index is 10.5. The van der Waals surface area contributed by atoms with Gasteiger partial charge in [-0.2, -0.15) is 0 Å². The first-order chi connectivity index (χ1) is 7.56. The van der Waals surface area contributed by atoms with E-state index in [1.165, 1.54) is 4.57 Å². The fourth-order valence-corrected chi connectivity index (χ4v) is 1.18. The molecule has 1 aromatic heterocycles. The second-order valence-corrected chi connectivity index (χ2v) is 3.15. The molecule has 0 aromatic carbocycles. The van der Waals surface area contributed by atoms with E-state index in [0.29, 0.717) is 5.82 Å². The number of aliphatic hydroxyl groups excluding tert-OH is 2. The van der Waals surface area contributed by atoms with Gasteiger partial charge in [-0.05, 0) is 4.92 Å². The number of halogens is 1. The predicted molar refractivity (Wildman–Crippen MR) is 58.5 cm³/mol. The summed E-state index contributed by atoms with van der Waals surface area (Å²) in [5, 5.41) is 26.8. The van der Waals surface area contributed by atoms with E-state index < -0.39 is 11.0 Å². The van der Waals surface area contributed by atoms with Gasteiger partial charge in [-0.1, -0.05) is 0 Å². The Morgan fingerprint density at radius 1 is 1.69 bits per heavy atom. The summed E-state index contributed by atoms with van der Waals surface area (Å²) in [6, 6.07) is 0. The van der Waals surface area contributed by atoms with Crippen LogP contribution in [0.5, 0.6) is 0 Å². The molecule has 0 aliphatic heterocycles. The lowest BCUT2D eigenvalue weighted by Gasteiger charge is -2.06. The molecule has 1 rings (SSSR count). The standard InChI is InChI=1S/C7H10ClN3O3.CH4O/c1-5-9-3-7(11(13)14)10(5)4-6(12)2-8;1-2/h3,6,12H,2,4H2,1H3;2H,1H3. The largest absolute Gasteiger partial charge is 0.400 e. The van der Waals surface area contributed by atoms with Gasteiger partial charge in [-0.3, -0.25) is 0 Å². The van der Waals surface area contributed by atoms with Gasteiger partial charge in [0.15, 0.2) is 5.82 Å². The Labute approximate surface area is 97.4 Å². The highest BCUT2D eigenvalue weighted by Crippen LogP contribution is 2.14. The van der Waals surface area contributed by atoms with Crippen molar-refractivity contribution in [3.8, 4) is 0 Å². The zero-order valence-electron chi connectivity index (χ0n) is 9.00. The van der Waals surface area contributed by atoms with Gasteiger partial charge >= 0.3 is 5.82 Å². The Bertz CT molecular complexity index is 342. The van der Waals surface area contributed by atoms with Crippen LogP contribution in [0.2, 0.25) is 0 Å². The molecule has 1 aromatic rings. The van der Waals surface area contributed by atoms with E-state index >= 15 is 0 Å². The van der Waals surface area contributed by atoms with Crippen LogP contribution >= 0.6 is 11.6 Å². The second kappa shape index (κ2) is 7.15. The molecule has 0 radical (unpaired) electrons. The average Bonchev–Trinajstić information content (AvgIpc) is 2.63. The van der Waals surface area contributed by atoms with Gasteiger partial charge in [-0.15, -0.1) is 11.6 Å². The van der Waals surface area contributed by atoms with Crippen LogP contribution in [0.15, 0.2) is 6.20 Å². The molecule has 8 heteroatoms. The zero-order valence-corrected chi connectivity index (χ0v) is 9.76. The molecular weight excluding hydrogens is 238 g/mol. The van der Waals surface area contributed by atoms with E-state index in [-0.39, 0.29) is 18.2 Å². The molecule has 7 nitrogen and oxygen atoms in total. The van der Waals surface area contributed by atoms with Crippen LogP contribution in [-0.4, -0.2) is 43.8 Å². The van der Waals surface area contributed by atoms with Crippen LogP contribution in [0, 0.1) is 17.0 Å². The number of hydrogen-bond acceptors (Lipinski definition) is 5. The minimum atomic E-state index is -0.803. The number of imidazole rings is 1. The first-order valence-corrected chi connectivity index (χ1v) is 4.95. The molecule has 0 saturated carbocycles. The highest BCUT2D eigenvalue weighted by atomic mass is 35.5. The highest BCUT2D eigenvalue weighted by molar-refractivity contribution is 6.18. The average molecular weight is 252 g/mol. The van der Waals surface area contributed by atoms with Crippen LogP contribution in [0.1, 0.15) is 5.82 Å². The molecule has 1 unspecified atom stereocenters. The zero-order chi connectivity index (χ0) is 12.7. The Morgan fingerprint density at radius 3 is 2.69 bits per heavy atom.